The number of carbonyl (C=O) groups excluding carboxylic acids is 1. The van der Waals surface area contributed by atoms with Crippen LogP contribution in [0.2, 0.25) is 0 Å². The lowest BCUT2D eigenvalue weighted by atomic mass is 9.81. The van der Waals surface area contributed by atoms with E-state index < -0.39 is 0 Å². The maximum atomic E-state index is 11.6. The molecule has 2 aliphatic rings. The van der Waals surface area contributed by atoms with Crippen molar-refractivity contribution in [1.82, 2.24) is 0 Å². The summed E-state index contributed by atoms with van der Waals surface area (Å²) in [5, 5.41) is 0. The van der Waals surface area contributed by atoms with Gasteiger partial charge in [0.1, 0.15) is 6.10 Å². The van der Waals surface area contributed by atoms with Crippen LogP contribution in [0.15, 0.2) is 12.2 Å². The maximum absolute atomic E-state index is 11.6. The molecule has 2 bridgehead atoms. The van der Waals surface area contributed by atoms with Crippen molar-refractivity contribution >= 4 is 5.97 Å². The summed E-state index contributed by atoms with van der Waals surface area (Å²) in [4.78, 5) is 11.6. The molecule has 2 atom stereocenters. The molecular formula is C10H14O2. The third-order valence-electron chi connectivity index (χ3n) is 2.89. The number of ether oxygens (including phenoxy) is 1. The van der Waals surface area contributed by atoms with E-state index in [1.54, 1.807) is 0 Å². The zero-order valence-corrected chi connectivity index (χ0v) is 7.38. The van der Waals surface area contributed by atoms with Gasteiger partial charge >= 0.3 is 5.97 Å². The molecule has 0 spiro atoms. The van der Waals surface area contributed by atoms with E-state index in [9.17, 15) is 4.79 Å². The average Bonchev–Trinajstić information content (AvgIpc) is 2.18. The van der Waals surface area contributed by atoms with Crippen LogP contribution in [-0.4, -0.2) is 12.1 Å². The SMILES string of the molecule is C[C@]12CC=C[C@@H](CCC1)OC2=O. The minimum atomic E-state index is -0.234. The molecule has 0 N–H and O–H groups in total. The van der Waals surface area contributed by atoms with E-state index in [-0.39, 0.29) is 17.5 Å². The van der Waals surface area contributed by atoms with Crippen LogP contribution >= 0.6 is 0 Å². The van der Waals surface area contributed by atoms with Crippen molar-refractivity contribution in [2.75, 3.05) is 0 Å². The van der Waals surface area contributed by atoms with Gasteiger partial charge in [-0.15, -0.1) is 0 Å². The molecule has 66 valence electrons. The first-order valence-electron chi connectivity index (χ1n) is 4.58. The Kier molecular flexibility index (Phi) is 1.71. The Balaban J connectivity index is 2.32. The molecule has 2 rings (SSSR count). The first-order chi connectivity index (χ1) is 5.71. The topological polar surface area (TPSA) is 26.3 Å². The predicted molar refractivity (Wildman–Crippen MR) is 45.6 cm³/mol. The second-order valence-electron chi connectivity index (χ2n) is 4.03. The lowest BCUT2D eigenvalue weighted by Gasteiger charge is -2.21. The molecule has 0 aromatic heterocycles. The Hall–Kier alpha value is -0.790. The van der Waals surface area contributed by atoms with Crippen LogP contribution in [0.1, 0.15) is 32.6 Å². The number of hydrogen-bond donors (Lipinski definition) is 0. The fraction of sp³-hybridized carbons (Fsp3) is 0.700. The van der Waals surface area contributed by atoms with Gasteiger partial charge in [-0.3, -0.25) is 4.79 Å². The van der Waals surface area contributed by atoms with Gasteiger partial charge in [-0.25, -0.2) is 0 Å². The molecule has 2 heterocycles. The molecule has 0 aliphatic carbocycles. The lowest BCUT2D eigenvalue weighted by molar-refractivity contribution is -0.155. The third-order valence-corrected chi connectivity index (χ3v) is 2.89. The Morgan fingerprint density at radius 2 is 2.50 bits per heavy atom. The second-order valence-corrected chi connectivity index (χ2v) is 4.03. The minimum absolute atomic E-state index is 0.00463. The van der Waals surface area contributed by atoms with E-state index in [2.05, 4.69) is 6.08 Å². The first kappa shape index (κ1) is 7.84. The molecule has 12 heavy (non-hydrogen) atoms. The van der Waals surface area contributed by atoms with Gasteiger partial charge in [0.15, 0.2) is 0 Å². The number of esters is 1. The summed E-state index contributed by atoms with van der Waals surface area (Å²) in [6.45, 7) is 2.01. The van der Waals surface area contributed by atoms with Crippen molar-refractivity contribution in [3.05, 3.63) is 12.2 Å². The number of fused-ring (bicyclic) bond motifs is 3. The molecule has 0 unspecified atom stereocenters. The van der Waals surface area contributed by atoms with E-state index in [1.165, 1.54) is 0 Å². The Labute approximate surface area is 72.6 Å². The van der Waals surface area contributed by atoms with Crippen LogP contribution in [0.5, 0.6) is 0 Å². The van der Waals surface area contributed by atoms with Gasteiger partial charge in [-0.1, -0.05) is 6.08 Å². The Morgan fingerprint density at radius 3 is 3.33 bits per heavy atom. The van der Waals surface area contributed by atoms with Crippen LogP contribution in [0.4, 0.5) is 0 Å². The lowest BCUT2D eigenvalue weighted by Crippen LogP contribution is -2.27. The molecule has 1 fully saturated rings. The summed E-state index contributed by atoms with van der Waals surface area (Å²) in [6, 6.07) is 0. The Morgan fingerprint density at radius 1 is 1.67 bits per heavy atom. The van der Waals surface area contributed by atoms with Crippen LogP contribution in [0, 0.1) is 5.41 Å². The molecule has 2 aliphatic heterocycles. The van der Waals surface area contributed by atoms with Crippen molar-refractivity contribution in [3.8, 4) is 0 Å². The molecule has 2 nitrogen and oxygen atoms in total. The quantitative estimate of drug-likeness (QED) is 0.406. The van der Waals surface area contributed by atoms with E-state index >= 15 is 0 Å². The van der Waals surface area contributed by atoms with Crippen molar-refractivity contribution in [1.29, 1.82) is 0 Å². The first-order valence-corrected chi connectivity index (χ1v) is 4.58. The van der Waals surface area contributed by atoms with Gasteiger partial charge in [0.25, 0.3) is 0 Å². The highest BCUT2D eigenvalue weighted by molar-refractivity contribution is 5.77. The molecule has 1 saturated heterocycles. The van der Waals surface area contributed by atoms with Crippen molar-refractivity contribution in [2.24, 2.45) is 5.41 Å². The third kappa shape index (κ3) is 1.15. The highest BCUT2D eigenvalue weighted by atomic mass is 16.5. The number of hydrogen-bond acceptors (Lipinski definition) is 2. The molecule has 0 aromatic carbocycles. The van der Waals surface area contributed by atoms with Crippen molar-refractivity contribution < 1.29 is 9.53 Å². The van der Waals surface area contributed by atoms with Crippen LogP contribution in [0.3, 0.4) is 0 Å². The molecule has 0 amide bonds. The molecule has 2 heteroatoms. The summed E-state index contributed by atoms with van der Waals surface area (Å²) >= 11 is 0. The Bertz CT molecular complexity index is 232. The van der Waals surface area contributed by atoms with Gasteiger partial charge < -0.3 is 4.74 Å². The zero-order chi connectivity index (χ0) is 8.60. The summed E-state index contributed by atoms with van der Waals surface area (Å²) in [5.41, 5.74) is -0.234. The largest absolute Gasteiger partial charge is 0.458 e. The van der Waals surface area contributed by atoms with Gasteiger partial charge in [-0.2, -0.15) is 0 Å². The highest BCUT2D eigenvalue weighted by Gasteiger charge is 2.38. The van der Waals surface area contributed by atoms with Gasteiger partial charge in [0, 0.05) is 0 Å². The minimum Gasteiger partial charge on any atom is -0.458 e. The number of rotatable bonds is 0. The summed E-state index contributed by atoms with van der Waals surface area (Å²) in [6.07, 6.45) is 8.11. The van der Waals surface area contributed by atoms with Gasteiger partial charge in [0.05, 0.1) is 5.41 Å². The smallest absolute Gasteiger partial charge is 0.312 e. The summed E-state index contributed by atoms with van der Waals surface area (Å²) < 4.78 is 5.31. The molecule has 0 saturated carbocycles. The number of carbonyl (C=O) groups is 1. The van der Waals surface area contributed by atoms with E-state index in [0.717, 1.165) is 25.7 Å². The fourth-order valence-electron chi connectivity index (χ4n) is 1.93. The van der Waals surface area contributed by atoms with Crippen LogP contribution in [0.25, 0.3) is 0 Å². The fourth-order valence-corrected chi connectivity index (χ4v) is 1.93. The molecule has 0 radical (unpaired) electrons. The standard InChI is InChI=1S/C10H14O2/c1-10-6-2-4-8(5-3-7-10)12-9(10)11/h2,4,8H,3,5-7H2,1H3/t8-,10-/m0/s1. The highest BCUT2D eigenvalue weighted by Crippen LogP contribution is 2.37. The molecule has 0 aromatic rings. The second kappa shape index (κ2) is 2.61. The monoisotopic (exact) mass is 166 g/mol. The van der Waals surface area contributed by atoms with Crippen molar-refractivity contribution in [2.45, 2.75) is 38.7 Å². The van der Waals surface area contributed by atoms with Crippen LogP contribution < -0.4 is 0 Å². The number of allylic oxidation sites excluding steroid dienone is 1. The van der Waals surface area contributed by atoms with Crippen LogP contribution in [-0.2, 0) is 9.53 Å². The predicted octanol–water partition coefficient (Wildman–Crippen LogP) is 2.05. The summed E-state index contributed by atoms with van der Waals surface area (Å²) in [5.74, 6) is -0.00463. The van der Waals surface area contributed by atoms with E-state index in [1.807, 2.05) is 13.0 Å². The van der Waals surface area contributed by atoms with Gasteiger partial charge in [0.2, 0.25) is 0 Å². The average molecular weight is 166 g/mol. The maximum Gasteiger partial charge on any atom is 0.312 e. The van der Waals surface area contributed by atoms with Crippen molar-refractivity contribution in [3.63, 3.8) is 0 Å². The van der Waals surface area contributed by atoms with E-state index in [4.69, 9.17) is 4.74 Å². The zero-order valence-electron chi connectivity index (χ0n) is 7.38. The summed E-state index contributed by atoms with van der Waals surface area (Å²) in [7, 11) is 0. The van der Waals surface area contributed by atoms with E-state index in [0.29, 0.717) is 0 Å². The molecular weight excluding hydrogens is 152 g/mol. The van der Waals surface area contributed by atoms with Gasteiger partial charge in [-0.05, 0) is 38.7 Å². The normalized spacial score (nSPS) is 40.4.